The van der Waals surface area contributed by atoms with Gasteiger partial charge in [0, 0.05) is 0 Å². The highest BCUT2D eigenvalue weighted by Crippen LogP contribution is 2.56. The Morgan fingerprint density at radius 1 is 0.681 bits per heavy atom. The quantitative estimate of drug-likeness (QED) is 0.104. The second-order valence-corrected chi connectivity index (χ2v) is 16.6. The third kappa shape index (κ3) is 6.03. The first-order valence-electron chi connectivity index (χ1n) is 17.4. The first-order valence-corrected chi connectivity index (χ1v) is 19.7. The lowest BCUT2D eigenvalue weighted by molar-refractivity contribution is 0.766. The molecule has 6 rings (SSSR count). The summed E-state index contributed by atoms with van der Waals surface area (Å²) in [4.78, 5) is 0. The Bertz CT molecular complexity index is 1910. The van der Waals surface area contributed by atoms with E-state index in [4.69, 9.17) is 0 Å². The predicted octanol–water partition coefficient (Wildman–Crippen LogP) is 12.6. The van der Waals surface area contributed by atoms with E-state index < -0.39 is 8.80 Å². The van der Waals surface area contributed by atoms with E-state index in [1.165, 1.54) is 72.8 Å². The van der Waals surface area contributed by atoms with Crippen LogP contribution in [0.2, 0.25) is 12.6 Å². The fraction of sp³-hybridized carbons (Fsp3) is 0.261. The smallest absolute Gasteiger partial charge is 0.0651 e. The van der Waals surface area contributed by atoms with E-state index in [1.54, 1.807) is 5.57 Å². The second kappa shape index (κ2) is 13.9. The molecule has 0 nitrogen and oxygen atoms in total. The Balaban J connectivity index is 1.54. The van der Waals surface area contributed by atoms with Crippen LogP contribution in [-0.2, 0) is 5.41 Å². The van der Waals surface area contributed by atoms with Crippen molar-refractivity contribution in [1.82, 2.24) is 0 Å². The van der Waals surface area contributed by atoms with Gasteiger partial charge in [-0.05, 0) is 108 Å². The van der Waals surface area contributed by atoms with Crippen LogP contribution in [0.5, 0.6) is 0 Å². The van der Waals surface area contributed by atoms with E-state index in [2.05, 4.69) is 176 Å². The molecule has 0 amide bonds. The van der Waals surface area contributed by atoms with Crippen molar-refractivity contribution in [2.24, 2.45) is 0 Å². The summed E-state index contributed by atoms with van der Waals surface area (Å²) in [6.45, 7) is 16.2. The van der Waals surface area contributed by atoms with Crippen LogP contribution in [0.4, 0.5) is 0 Å². The number of fused-ring (bicyclic) bond motifs is 3. The largest absolute Gasteiger partial charge is 0.323 e. The van der Waals surface area contributed by atoms with Crippen LogP contribution < -0.4 is 0 Å². The summed E-state index contributed by atoms with van der Waals surface area (Å²) < 4.78 is 0. The molecule has 236 valence electrons. The first kappa shape index (κ1) is 32.7. The Morgan fingerprint density at radius 3 is 1.96 bits per heavy atom. The zero-order valence-electron chi connectivity index (χ0n) is 29.3. The minimum absolute atomic E-state index is 0.389. The molecule has 0 fully saturated rings. The molecule has 1 aliphatic rings. The highest BCUT2D eigenvalue weighted by molar-refractivity contribution is 6.59. The minimum atomic E-state index is -0.592. The molecule has 0 heterocycles. The van der Waals surface area contributed by atoms with Crippen molar-refractivity contribution in [3.05, 3.63) is 183 Å². The van der Waals surface area contributed by atoms with Gasteiger partial charge in [-0.15, -0.1) is 0 Å². The summed E-state index contributed by atoms with van der Waals surface area (Å²) in [5, 5.41) is 0. The monoisotopic (exact) mass is 629 g/mol. The summed E-state index contributed by atoms with van der Waals surface area (Å²) in [5.74, 6) is 0. The van der Waals surface area contributed by atoms with E-state index in [1.807, 2.05) is 0 Å². The molecule has 1 heteroatoms. The van der Waals surface area contributed by atoms with Crippen LogP contribution in [0.3, 0.4) is 0 Å². The molecule has 0 saturated carbocycles. The van der Waals surface area contributed by atoms with Gasteiger partial charge >= 0.3 is 8.80 Å². The van der Waals surface area contributed by atoms with E-state index in [9.17, 15) is 0 Å². The SMILES string of the molecule is CCC/C(=C\C=C(/C)c1ccc2c(c1)C(c1cccc(C)c1)(c1cccc(C)c1)c1ccccc1-2)C(c1ccccc1C)[Si+](C)CC. The number of allylic oxidation sites excluding steroid dienone is 4. The van der Waals surface area contributed by atoms with Crippen molar-refractivity contribution >= 4 is 14.4 Å². The Kier molecular flexibility index (Phi) is 9.66. The van der Waals surface area contributed by atoms with Gasteiger partial charge in [-0.3, -0.25) is 0 Å². The Labute approximate surface area is 285 Å². The molecular weight excluding hydrogens is 581 g/mol. The summed E-state index contributed by atoms with van der Waals surface area (Å²) >= 11 is 0. The van der Waals surface area contributed by atoms with Crippen molar-refractivity contribution in [2.45, 2.75) is 77.9 Å². The average molecular weight is 630 g/mol. The van der Waals surface area contributed by atoms with Gasteiger partial charge in [-0.1, -0.05) is 146 Å². The van der Waals surface area contributed by atoms with Gasteiger partial charge < -0.3 is 0 Å². The van der Waals surface area contributed by atoms with E-state index in [-0.39, 0.29) is 5.41 Å². The fourth-order valence-corrected chi connectivity index (χ4v) is 10.0. The van der Waals surface area contributed by atoms with Gasteiger partial charge in [0.05, 0.1) is 18.0 Å². The van der Waals surface area contributed by atoms with Crippen LogP contribution in [0, 0.1) is 20.8 Å². The average Bonchev–Trinajstić information content (AvgIpc) is 3.38. The lowest BCUT2D eigenvalue weighted by atomic mass is 9.67. The van der Waals surface area contributed by atoms with E-state index >= 15 is 0 Å². The molecule has 1 unspecified atom stereocenters. The molecule has 0 aliphatic heterocycles. The third-order valence-corrected chi connectivity index (χ3v) is 13.2. The zero-order valence-corrected chi connectivity index (χ0v) is 30.3. The maximum Gasteiger partial charge on any atom is 0.323 e. The topological polar surface area (TPSA) is 0 Å². The van der Waals surface area contributed by atoms with Crippen LogP contribution in [0.15, 0.2) is 133 Å². The lowest BCUT2D eigenvalue weighted by Gasteiger charge is -2.34. The summed E-state index contributed by atoms with van der Waals surface area (Å²) in [6.07, 6.45) is 7.18. The molecule has 47 heavy (non-hydrogen) atoms. The maximum absolute atomic E-state index is 2.52. The normalized spacial score (nSPS) is 14.4. The summed E-state index contributed by atoms with van der Waals surface area (Å²) in [7, 11) is -0.592. The first-order chi connectivity index (χ1) is 22.8. The predicted molar refractivity (Wildman–Crippen MR) is 206 cm³/mol. The van der Waals surface area contributed by atoms with Crippen molar-refractivity contribution in [3.8, 4) is 11.1 Å². The molecule has 0 aromatic heterocycles. The molecule has 0 bridgehead atoms. The van der Waals surface area contributed by atoms with Crippen LogP contribution in [0.1, 0.15) is 89.2 Å². The Morgan fingerprint density at radius 2 is 1.32 bits per heavy atom. The van der Waals surface area contributed by atoms with Gasteiger partial charge in [-0.2, -0.15) is 0 Å². The third-order valence-electron chi connectivity index (χ3n) is 10.4. The highest BCUT2D eigenvalue weighted by atomic mass is 28.3. The van der Waals surface area contributed by atoms with Gasteiger partial charge in [0.2, 0.25) is 0 Å². The maximum atomic E-state index is 2.52. The number of hydrogen-bond donors (Lipinski definition) is 0. The van der Waals surface area contributed by atoms with Crippen LogP contribution >= 0.6 is 0 Å². The molecule has 0 radical (unpaired) electrons. The van der Waals surface area contributed by atoms with E-state index in [0.29, 0.717) is 5.54 Å². The van der Waals surface area contributed by atoms with Gasteiger partial charge in [0.1, 0.15) is 5.54 Å². The van der Waals surface area contributed by atoms with Crippen molar-refractivity contribution in [1.29, 1.82) is 0 Å². The molecule has 1 atom stereocenters. The van der Waals surface area contributed by atoms with Crippen molar-refractivity contribution in [2.75, 3.05) is 0 Å². The zero-order chi connectivity index (χ0) is 33.1. The molecule has 0 spiro atoms. The number of aryl methyl sites for hydroxylation is 3. The molecule has 0 N–H and O–H groups in total. The molecule has 1 aliphatic carbocycles. The minimum Gasteiger partial charge on any atom is -0.0651 e. The number of hydrogen-bond acceptors (Lipinski definition) is 0. The Hall–Kier alpha value is -4.20. The second-order valence-electron chi connectivity index (χ2n) is 13.6. The molecular formula is C46H49Si+. The van der Waals surface area contributed by atoms with Gasteiger partial charge in [0.15, 0.2) is 0 Å². The fourth-order valence-electron chi connectivity index (χ4n) is 7.91. The van der Waals surface area contributed by atoms with Crippen LogP contribution in [-0.4, -0.2) is 8.80 Å². The van der Waals surface area contributed by atoms with E-state index in [0.717, 1.165) is 12.8 Å². The number of benzene rings is 5. The summed E-state index contributed by atoms with van der Waals surface area (Å²) in [5.41, 5.74) is 17.9. The van der Waals surface area contributed by atoms with Gasteiger partial charge in [-0.25, -0.2) is 0 Å². The lowest BCUT2D eigenvalue weighted by Crippen LogP contribution is -2.29. The molecule has 5 aromatic carbocycles. The van der Waals surface area contributed by atoms with Gasteiger partial charge in [0.25, 0.3) is 0 Å². The highest BCUT2D eigenvalue weighted by Gasteiger charge is 2.46. The molecule has 5 aromatic rings. The standard InChI is InChI=1S/C46H49Si/c1-8-16-36(45(47(7)9-2)40-22-11-10-19-35(40)6)26-25-34(5)37-27-28-42-41-23-12-13-24-43(41)46(44(42)31-37,38-20-14-17-32(3)29-38)39-21-15-18-33(4)30-39/h10-15,17-31,45H,8-9,16H2,1-7H3/q+1/b34-25+,36-26+. The van der Waals surface area contributed by atoms with Crippen molar-refractivity contribution < 1.29 is 0 Å². The van der Waals surface area contributed by atoms with Crippen molar-refractivity contribution in [3.63, 3.8) is 0 Å². The number of rotatable bonds is 10. The summed E-state index contributed by atoms with van der Waals surface area (Å²) in [6, 6.07) is 44.9. The molecule has 0 saturated heterocycles. The van der Waals surface area contributed by atoms with Crippen LogP contribution in [0.25, 0.3) is 16.7 Å².